The molecule has 0 aliphatic carbocycles. The number of nitrogens with zero attached hydrogens (tertiary/aromatic N) is 8. The number of thiophene rings is 1. The Hall–Kier alpha value is -5.81. The van der Waals surface area contributed by atoms with Gasteiger partial charge in [-0.3, -0.25) is 23.7 Å². The van der Waals surface area contributed by atoms with Gasteiger partial charge in [0.15, 0.2) is 17.3 Å². The number of aliphatic imine (C=N–C) groups is 1. The standard InChI is InChI=1S/C44H45FN8O6S2/c1-5-52-48-39(47-49-52)23-51-34-22-38(29-12-11-27(45)19-35(29)57-3)61-41(34)43(55)53(44(51)56)28-13-16-50(17-14-28)42(54)26-9-7-25(8-10-26)40-31-21-36(58-4)37(59-6-2)20-30(31)32-24-60-18-15-33(32)46-40/h7-12,19-22,28,32-33H,5-6,13-18,23-24H2,1-4H3/t32-,33-/m1/s1. The topological polar surface area (TPSA) is 148 Å². The van der Waals surface area contributed by atoms with E-state index in [4.69, 9.17) is 19.2 Å². The molecule has 0 saturated carbocycles. The van der Waals surface area contributed by atoms with E-state index in [0.29, 0.717) is 88.5 Å². The van der Waals surface area contributed by atoms with Gasteiger partial charge in [-0.2, -0.15) is 16.6 Å². The quantitative estimate of drug-likeness (QED) is 0.143. The molecule has 3 aliphatic heterocycles. The zero-order valence-electron chi connectivity index (χ0n) is 34.3. The summed E-state index contributed by atoms with van der Waals surface area (Å²) in [6.45, 7) is 5.58. The third kappa shape index (κ3) is 7.51. The molecule has 316 valence electrons. The normalized spacial score (nSPS) is 17.8. The van der Waals surface area contributed by atoms with Gasteiger partial charge in [-0.05, 0) is 92.1 Å². The number of ether oxygens (including phenoxy) is 3. The molecule has 0 spiro atoms. The van der Waals surface area contributed by atoms with E-state index in [0.717, 1.165) is 40.5 Å². The van der Waals surface area contributed by atoms with Crippen LogP contribution >= 0.6 is 23.1 Å². The van der Waals surface area contributed by atoms with E-state index in [-0.39, 0.29) is 18.5 Å². The van der Waals surface area contributed by atoms with Crippen LogP contribution in [0.15, 0.2) is 75.2 Å². The maximum absolute atomic E-state index is 14.4. The zero-order chi connectivity index (χ0) is 42.4. The minimum atomic E-state index is -0.502. The molecule has 17 heteroatoms. The van der Waals surface area contributed by atoms with Crippen molar-refractivity contribution in [3.8, 4) is 27.7 Å². The Labute approximate surface area is 359 Å². The number of carbonyl (C=O) groups excluding carboxylic acids is 1. The summed E-state index contributed by atoms with van der Waals surface area (Å²) >= 11 is 3.17. The molecule has 2 atom stereocenters. The highest BCUT2D eigenvalue weighted by atomic mass is 32.2. The summed E-state index contributed by atoms with van der Waals surface area (Å²) in [5.74, 6) is 3.80. The molecule has 2 fully saturated rings. The number of benzene rings is 3. The number of aromatic nitrogens is 6. The van der Waals surface area contributed by atoms with Crippen molar-refractivity contribution in [2.75, 3.05) is 45.4 Å². The highest BCUT2D eigenvalue weighted by molar-refractivity contribution is 7.99. The van der Waals surface area contributed by atoms with Crippen molar-refractivity contribution in [2.45, 2.75) is 64.2 Å². The van der Waals surface area contributed by atoms with Gasteiger partial charge in [0, 0.05) is 64.0 Å². The first kappa shape index (κ1) is 40.6. The van der Waals surface area contributed by atoms with Crippen molar-refractivity contribution in [3.05, 3.63) is 115 Å². The first-order valence-electron chi connectivity index (χ1n) is 20.5. The number of rotatable bonds is 11. The Bertz CT molecular complexity index is 2790. The third-order valence-electron chi connectivity index (χ3n) is 11.8. The second kappa shape index (κ2) is 16.9. The van der Waals surface area contributed by atoms with Crippen molar-refractivity contribution in [3.63, 3.8) is 0 Å². The Morgan fingerprint density at radius 3 is 2.43 bits per heavy atom. The molecular weight excluding hydrogens is 820 g/mol. The van der Waals surface area contributed by atoms with Crippen LogP contribution in [0.1, 0.15) is 77.9 Å². The van der Waals surface area contributed by atoms with Crippen LogP contribution < -0.4 is 25.5 Å². The number of thioether (sulfide) groups is 1. The first-order chi connectivity index (χ1) is 29.7. The summed E-state index contributed by atoms with van der Waals surface area (Å²) in [5, 5.41) is 12.6. The number of halogens is 1. The number of likely N-dealkylation sites (tertiary alicyclic amines) is 1. The second-order valence-corrected chi connectivity index (χ2v) is 17.4. The van der Waals surface area contributed by atoms with Gasteiger partial charge >= 0.3 is 5.69 Å². The van der Waals surface area contributed by atoms with Gasteiger partial charge in [0.2, 0.25) is 0 Å². The molecule has 0 bridgehead atoms. The SMILES string of the molecule is CCOc1cc2c(cc1OC)C(c1ccc(C(=O)N3CCC(n4c(=O)c5sc(-c6ccc(F)cc6OC)cc5n(Cc5nnn(CC)n5)c4=O)CC3)cc1)=N[C@@H]1CCSC[C@H]21. The van der Waals surface area contributed by atoms with Crippen molar-refractivity contribution in [1.82, 2.24) is 34.2 Å². The average Bonchev–Trinajstić information content (AvgIpc) is 3.95. The minimum Gasteiger partial charge on any atom is -0.496 e. The Balaban J connectivity index is 0.979. The van der Waals surface area contributed by atoms with Crippen LogP contribution in [-0.2, 0) is 13.1 Å². The van der Waals surface area contributed by atoms with E-state index in [2.05, 4.69) is 21.5 Å². The monoisotopic (exact) mass is 864 g/mol. The van der Waals surface area contributed by atoms with Gasteiger partial charge < -0.3 is 19.1 Å². The number of amides is 1. The molecule has 0 N–H and O–H groups in total. The number of hydrogen-bond donors (Lipinski definition) is 0. The van der Waals surface area contributed by atoms with Gasteiger partial charge in [0.25, 0.3) is 11.5 Å². The summed E-state index contributed by atoms with van der Waals surface area (Å²) in [4.78, 5) is 51.8. The van der Waals surface area contributed by atoms with Crippen molar-refractivity contribution < 1.29 is 23.4 Å². The molecule has 0 unspecified atom stereocenters. The van der Waals surface area contributed by atoms with Gasteiger partial charge in [0.05, 0.1) is 51.2 Å². The molecule has 0 radical (unpaired) electrons. The van der Waals surface area contributed by atoms with E-state index < -0.39 is 23.1 Å². The van der Waals surface area contributed by atoms with Crippen LogP contribution in [0.5, 0.6) is 17.2 Å². The van der Waals surface area contributed by atoms with E-state index >= 15 is 0 Å². The Morgan fingerprint density at radius 1 is 0.918 bits per heavy atom. The van der Waals surface area contributed by atoms with Gasteiger partial charge in [0.1, 0.15) is 16.3 Å². The summed E-state index contributed by atoms with van der Waals surface area (Å²) in [5.41, 5.74) is 4.68. The van der Waals surface area contributed by atoms with Crippen LogP contribution in [0.4, 0.5) is 4.39 Å². The summed E-state index contributed by atoms with van der Waals surface area (Å²) in [6, 6.07) is 17.5. The lowest BCUT2D eigenvalue weighted by Gasteiger charge is -2.35. The number of tetrazole rings is 1. The van der Waals surface area contributed by atoms with Crippen LogP contribution in [-0.4, -0.2) is 97.3 Å². The molecular formula is C44H45FN8O6S2. The fraction of sp³-hybridized carbons (Fsp3) is 0.386. The number of aryl methyl sites for hydroxylation is 1. The average molecular weight is 865 g/mol. The summed E-state index contributed by atoms with van der Waals surface area (Å²) in [7, 11) is 3.10. The number of carbonyl (C=O) groups is 1. The predicted molar refractivity (Wildman–Crippen MR) is 234 cm³/mol. The number of piperidine rings is 1. The zero-order valence-corrected chi connectivity index (χ0v) is 35.9. The van der Waals surface area contributed by atoms with E-state index in [9.17, 15) is 18.8 Å². The largest absolute Gasteiger partial charge is 0.496 e. The van der Waals surface area contributed by atoms with Crippen LogP contribution in [0.3, 0.4) is 0 Å². The summed E-state index contributed by atoms with van der Waals surface area (Å²) in [6.07, 6.45) is 1.80. The molecule has 3 aromatic carbocycles. The number of fused-ring (bicyclic) bond motifs is 4. The fourth-order valence-electron chi connectivity index (χ4n) is 8.70. The maximum Gasteiger partial charge on any atom is 0.332 e. The lowest BCUT2D eigenvalue weighted by molar-refractivity contribution is 0.0691. The van der Waals surface area contributed by atoms with Crippen molar-refractivity contribution >= 4 is 44.9 Å². The molecule has 1 amide bonds. The van der Waals surface area contributed by atoms with E-state index in [1.54, 1.807) is 24.1 Å². The molecule has 3 aromatic heterocycles. The maximum atomic E-state index is 14.4. The van der Waals surface area contributed by atoms with Gasteiger partial charge in [-0.25, -0.2) is 9.18 Å². The number of hydrogen-bond acceptors (Lipinski definition) is 12. The Kier molecular flexibility index (Phi) is 11.3. The van der Waals surface area contributed by atoms with Crippen LogP contribution in [0.2, 0.25) is 0 Å². The molecule has 14 nitrogen and oxygen atoms in total. The third-order valence-corrected chi connectivity index (χ3v) is 14.1. The highest BCUT2D eigenvalue weighted by Crippen LogP contribution is 2.44. The lowest BCUT2D eigenvalue weighted by Crippen LogP contribution is -2.46. The molecule has 2 saturated heterocycles. The second-order valence-electron chi connectivity index (χ2n) is 15.2. The van der Waals surface area contributed by atoms with Crippen LogP contribution in [0, 0.1) is 5.82 Å². The highest BCUT2D eigenvalue weighted by Gasteiger charge is 2.35. The van der Waals surface area contributed by atoms with Gasteiger partial charge in [-0.1, -0.05) is 12.1 Å². The first-order valence-corrected chi connectivity index (χ1v) is 22.5. The predicted octanol–water partition coefficient (Wildman–Crippen LogP) is 6.42. The smallest absolute Gasteiger partial charge is 0.332 e. The summed E-state index contributed by atoms with van der Waals surface area (Å²) < 4.78 is 34.5. The van der Waals surface area contributed by atoms with Gasteiger partial charge in [-0.15, -0.1) is 21.5 Å². The van der Waals surface area contributed by atoms with Crippen molar-refractivity contribution in [1.29, 1.82) is 0 Å². The minimum absolute atomic E-state index is 0.0141. The molecule has 61 heavy (non-hydrogen) atoms. The number of methoxy groups -OCH3 is 2. The van der Waals surface area contributed by atoms with Crippen molar-refractivity contribution in [2.24, 2.45) is 4.99 Å². The van der Waals surface area contributed by atoms with E-state index in [1.807, 2.05) is 55.9 Å². The molecule has 3 aliphatic rings. The molecule has 9 rings (SSSR count). The molecule has 6 aromatic rings. The van der Waals surface area contributed by atoms with Crippen LogP contribution in [0.25, 0.3) is 20.7 Å². The fourth-order valence-corrected chi connectivity index (χ4v) is 11.1. The Morgan fingerprint density at radius 2 is 1.70 bits per heavy atom. The molecule has 6 heterocycles. The lowest BCUT2D eigenvalue weighted by atomic mass is 9.81. The van der Waals surface area contributed by atoms with E-state index in [1.165, 1.54) is 50.1 Å².